The van der Waals surface area contributed by atoms with Gasteiger partial charge in [-0.15, -0.1) is 0 Å². The van der Waals surface area contributed by atoms with E-state index in [4.69, 9.17) is 0 Å². The second-order valence-corrected chi connectivity index (χ2v) is 5.92. The van der Waals surface area contributed by atoms with E-state index in [-0.39, 0.29) is 12.2 Å². The van der Waals surface area contributed by atoms with Gasteiger partial charge in [-0.25, -0.2) is 4.79 Å². The number of carboxylic acid groups (broad SMARTS) is 1. The number of aliphatic hydroxyl groups is 1. The Kier molecular flexibility index (Phi) is 4.13. The Hall–Kier alpha value is -2.30. The van der Waals surface area contributed by atoms with Gasteiger partial charge in [-0.3, -0.25) is 0 Å². The maximum atomic E-state index is 11.3. The number of aliphatic hydroxyl groups excluding tert-OH is 1. The zero-order valence-electron chi connectivity index (χ0n) is 11.7. The van der Waals surface area contributed by atoms with E-state index in [0.717, 1.165) is 21.2 Å². The molecular weight excluding hydrogens is 296 g/mol. The fourth-order valence-corrected chi connectivity index (χ4v) is 3.60. The molecule has 0 saturated carbocycles. The van der Waals surface area contributed by atoms with Crippen molar-refractivity contribution in [3.8, 4) is 0 Å². The van der Waals surface area contributed by atoms with Crippen molar-refractivity contribution in [1.29, 1.82) is 0 Å². The number of rotatable bonds is 4. The van der Waals surface area contributed by atoms with Gasteiger partial charge in [-0.2, -0.15) is 0 Å². The van der Waals surface area contributed by atoms with Gasteiger partial charge in [0, 0.05) is 15.2 Å². The predicted octanol–water partition coefficient (Wildman–Crippen LogP) is 4.18. The van der Waals surface area contributed by atoms with Gasteiger partial charge >= 0.3 is 5.97 Å². The third kappa shape index (κ3) is 2.71. The predicted molar refractivity (Wildman–Crippen MR) is 87.4 cm³/mol. The van der Waals surface area contributed by atoms with Crippen LogP contribution in [0, 0.1) is 0 Å². The topological polar surface area (TPSA) is 57.5 Å². The smallest absolute Gasteiger partial charge is 0.336 e. The van der Waals surface area contributed by atoms with Gasteiger partial charge in [0.25, 0.3) is 0 Å². The lowest BCUT2D eigenvalue weighted by Crippen LogP contribution is -1.98. The minimum Gasteiger partial charge on any atom is -0.478 e. The van der Waals surface area contributed by atoms with E-state index in [1.807, 2.05) is 42.5 Å². The quantitative estimate of drug-likeness (QED) is 0.759. The van der Waals surface area contributed by atoms with Crippen LogP contribution in [0.2, 0.25) is 0 Å². The number of benzene rings is 3. The molecule has 0 aromatic heterocycles. The molecule has 22 heavy (non-hydrogen) atoms. The largest absolute Gasteiger partial charge is 0.478 e. The van der Waals surface area contributed by atoms with Gasteiger partial charge in [0.15, 0.2) is 0 Å². The van der Waals surface area contributed by atoms with Crippen molar-refractivity contribution >= 4 is 28.5 Å². The van der Waals surface area contributed by atoms with Gasteiger partial charge in [-0.05, 0) is 29.1 Å². The molecule has 0 aliphatic heterocycles. The van der Waals surface area contributed by atoms with Crippen molar-refractivity contribution in [1.82, 2.24) is 0 Å². The highest BCUT2D eigenvalue weighted by molar-refractivity contribution is 7.99. The van der Waals surface area contributed by atoms with Crippen LogP contribution in [0.15, 0.2) is 70.5 Å². The van der Waals surface area contributed by atoms with Crippen molar-refractivity contribution < 1.29 is 15.0 Å². The van der Waals surface area contributed by atoms with Crippen molar-refractivity contribution in [3.05, 3.63) is 71.8 Å². The Morgan fingerprint density at radius 1 is 0.909 bits per heavy atom. The summed E-state index contributed by atoms with van der Waals surface area (Å²) in [6.45, 7) is -0.0461. The Morgan fingerprint density at radius 2 is 1.59 bits per heavy atom. The molecule has 0 heterocycles. The summed E-state index contributed by atoms with van der Waals surface area (Å²) in [7, 11) is 0. The molecule has 0 bridgehead atoms. The van der Waals surface area contributed by atoms with E-state index in [0.29, 0.717) is 4.90 Å². The summed E-state index contributed by atoms with van der Waals surface area (Å²) in [4.78, 5) is 13.0. The average molecular weight is 310 g/mol. The fourth-order valence-electron chi connectivity index (χ4n) is 2.45. The Balaban J connectivity index is 2.14. The van der Waals surface area contributed by atoms with Gasteiger partial charge in [0.05, 0.1) is 12.2 Å². The van der Waals surface area contributed by atoms with E-state index in [1.165, 1.54) is 11.8 Å². The van der Waals surface area contributed by atoms with Gasteiger partial charge in [0.2, 0.25) is 0 Å². The Morgan fingerprint density at radius 3 is 2.32 bits per heavy atom. The van der Waals surface area contributed by atoms with Gasteiger partial charge in [0.1, 0.15) is 0 Å². The summed E-state index contributed by atoms with van der Waals surface area (Å²) in [5, 5.41) is 20.9. The maximum Gasteiger partial charge on any atom is 0.336 e. The van der Waals surface area contributed by atoms with Gasteiger partial charge < -0.3 is 10.2 Å². The molecule has 0 saturated heterocycles. The molecule has 3 aromatic carbocycles. The van der Waals surface area contributed by atoms with Crippen LogP contribution in [0.25, 0.3) is 10.8 Å². The van der Waals surface area contributed by atoms with E-state index in [2.05, 4.69) is 0 Å². The number of fused-ring (bicyclic) bond motifs is 1. The van der Waals surface area contributed by atoms with Crippen LogP contribution in [0.4, 0.5) is 0 Å². The SMILES string of the molecule is O=C(O)c1ccccc1Sc1cccc2cccc(CO)c12. The highest BCUT2D eigenvalue weighted by Gasteiger charge is 2.13. The highest BCUT2D eigenvalue weighted by Crippen LogP contribution is 2.36. The first kappa shape index (κ1) is 14.6. The lowest BCUT2D eigenvalue weighted by Gasteiger charge is -2.11. The van der Waals surface area contributed by atoms with Crippen LogP contribution in [0.3, 0.4) is 0 Å². The maximum absolute atomic E-state index is 11.3. The summed E-state index contributed by atoms with van der Waals surface area (Å²) >= 11 is 1.41. The summed E-state index contributed by atoms with van der Waals surface area (Å²) in [6.07, 6.45) is 0. The first-order valence-corrected chi connectivity index (χ1v) is 7.64. The second kappa shape index (κ2) is 6.22. The average Bonchev–Trinajstić information content (AvgIpc) is 2.54. The van der Waals surface area contributed by atoms with Crippen LogP contribution in [0.1, 0.15) is 15.9 Å². The number of carbonyl (C=O) groups is 1. The van der Waals surface area contributed by atoms with E-state index in [1.54, 1.807) is 18.2 Å². The Bertz CT molecular complexity index is 837. The van der Waals surface area contributed by atoms with E-state index >= 15 is 0 Å². The number of carboxylic acids is 1. The molecule has 110 valence electrons. The van der Waals surface area contributed by atoms with Gasteiger partial charge in [-0.1, -0.05) is 54.2 Å². The molecule has 0 spiro atoms. The summed E-state index contributed by atoms with van der Waals surface area (Å²) in [5.74, 6) is -0.939. The van der Waals surface area contributed by atoms with Crippen LogP contribution in [0.5, 0.6) is 0 Å². The molecule has 0 unspecified atom stereocenters. The van der Waals surface area contributed by atoms with Crippen LogP contribution in [-0.4, -0.2) is 16.2 Å². The van der Waals surface area contributed by atoms with Crippen LogP contribution < -0.4 is 0 Å². The lowest BCUT2D eigenvalue weighted by atomic mass is 10.1. The van der Waals surface area contributed by atoms with Crippen molar-refractivity contribution in [2.24, 2.45) is 0 Å². The number of hydrogen-bond donors (Lipinski definition) is 2. The first-order chi connectivity index (χ1) is 10.7. The minimum atomic E-state index is -0.939. The monoisotopic (exact) mass is 310 g/mol. The fraction of sp³-hybridized carbons (Fsp3) is 0.0556. The zero-order valence-corrected chi connectivity index (χ0v) is 12.5. The van der Waals surface area contributed by atoms with Crippen LogP contribution in [-0.2, 0) is 6.61 Å². The molecule has 0 radical (unpaired) electrons. The third-order valence-electron chi connectivity index (χ3n) is 3.46. The molecule has 0 aliphatic rings. The second-order valence-electron chi connectivity index (χ2n) is 4.83. The molecule has 3 rings (SSSR count). The minimum absolute atomic E-state index is 0.0461. The first-order valence-electron chi connectivity index (χ1n) is 6.82. The normalized spacial score (nSPS) is 10.8. The molecule has 0 atom stereocenters. The molecule has 2 N–H and O–H groups in total. The van der Waals surface area contributed by atoms with Crippen molar-refractivity contribution in [2.75, 3.05) is 0 Å². The third-order valence-corrected chi connectivity index (χ3v) is 4.60. The Labute approximate surface area is 132 Å². The standard InChI is InChI=1S/C18H14O3S/c19-11-13-7-3-5-12-6-4-10-16(17(12)13)22-15-9-2-1-8-14(15)18(20)21/h1-10,19H,11H2,(H,20,21). The molecular formula is C18H14O3S. The van der Waals surface area contributed by atoms with E-state index in [9.17, 15) is 15.0 Å². The number of aromatic carboxylic acids is 1. The van der Waals surface area contributed by atoms with E-state index < -0.39 is 5.97 Å². The molecule has 3 aromatic rings. The van der Waals surface area contributed by atoms with Crippen molar-refractivity contribution in [2.45, 2.75) is 16.4 Å². The summed E-state index contributed by atoms with van der Waals surface area (Å²) in [5.41, 5.74) is 1.12. The lowest BCUT2D eigenvalue weighted by molar-refractivity contribution is 0.0693. The molecule has 4 heteroatoms. The van der Waals surface area contributed by atoms with Crippen molar-refractivity contribution in [3.63, 3.8) is 0 Å². The number of hydrogen-bond acceptors (Lipinski definition) is 3. The molecule has 3 nitrogen and oxygen atoms in total. The zero-order chi connectivity index (χ0) is 15.5. The van der Waals surface area contributed by atoms with Crippen LogP contribution >= 0.6 is 11.8 Å². The molecule has 0 aliphatic carbocycles. The molecule has 0 fully saturated rings. The molecule has 0 amide bonds. The summed E-state index contributed by atoms with van der Waals surface area (Å²) < 4.78 is 0. The highest BCUT2D eigenvalue weighted by atomic mass is 32.2. The summed E-state index contributed by atoms with van der Waals surface area (Å²) in [6, 6.07) is 18.6.